The molecule has 0 aliphatic carbocycles. The molecular formula is C29H30. The van der Waals surface area contributed by atoms with Gasteiger partial charge in [0, 0.05) is 0 Å². The zero-order valence-corrected chi connectivity index (χ0v) is 18.4. The molecule has 0 spiro atoms. The largest absolute Gasteiger partial charge is 0.0610 e. The van der Waals surface area contributed by atoms with Crippen LogP contribution in [0.2, 0.25) is 0 Å². The van der Waals surface area contributed by atoms with Crippen LogP contribution in [0.25, 0.3) is 43.1 Å². The Balaban J connectivity index is 2.24. The number of rotatable bonds is 3. The fraction of sp³-hybridized carbons (Fsp3) is 0.310. The Hall–Kier alpha value is -2.60. The summed E-state index contributed by atoms with van der Waals surface area (Å²) in [7, 11) is 0. The van der Waals surface area contributed by atoms with E-state index in [9.17, 15) is 0 Å². The van der Waals surface area contributed by atoms with E-state index in [0.717, 1.165) is 0 Å². The van der Waals surface area contributed by atoms with Gasteiger partial charge in [0.2, 0.25) is 0 Å². The number of fused-ring (bicyclic) bond motifs is 2. The standard InChI is InChI=1S/C29H30/c1-16(2)24-22-15-9-13-21-20-12-7-10-19-11-8-14-23(27(19)20)29(28(21)22)26(18(5)6)25(24)17(3)4/h7-18H,1-6H3. The van der Waals surface area contributed by atoms with Gasteiger partial charge in [0.1, 0.15) is 0 Å². The van der Waals surface area contributed by atoms with E-state index < -0.39 is 0 Å². The van der Waals surface area contributed by atoms with Gasteiger partial charge < -0.3 is 0 Å². The minimum Gasteiger partial charge on any atom is -0.0610 e. The number of hydrogen-bond acceptors (Lipinski definition) is 0. The summed E-state index contributed by atoms with van der Waals surface area (Å²) >= 11 is 0. The lowest BCUT2D eigenvalue weighted by molar-refractivity contribution is 0.760. The van der Waals surface area contributed by atoms with Crippen LogP contribution in [0.3, 0.4) is 0 Å². The van der Waals surface area contributed by atoms with Gasteiger partial charge in [-0.2, -0.15) is 0 Å². The first-order valence-electron chi connectivity index (χ1n) is 11.1. The Kier molecular flexibility index (Phi) is 4.10. The van der Waals surface area contributed by atoms with Crippen molar-refractivity contribution in [1.29, 1.82) is 0 Å². The molecule has 29 heavy (non-hydrogen) atoms. The van der Waals surface area contributed by atoms with Crippen molar-refractivity contribution in [1.82, 2.24) is 0 Å². The van der Waals surface area contributed by atoms with Gasteiger partial charge in [0.05, 0.1) is 0 Å². The third-order valence-electron chi connectivity index (χ3n) is 6.65. The zero-order valence-electron chi connectivity index (χ0n) is 18.4. The van der Waals surface area contributed by atoms with Crippen molar-refractivity contribution in [3.63, 3.8) is 0 Å². The third-order valence-corrected chi connectivity index (χ3v) is 6.65. The lowest BCUT2D eigenvalue weighted by Crippen LogP contribution is -2.08. The Morgan fingerprint density at radius 2 is 0.897 bits per heavy atom. The summed E-state index contributed by atoms with van der Waals surface area (Å²) < 4.78 is 0. The maximum absolute atomic E-state index is 2.37. The van der Waals surface area contributed by atoms with E-state index in [1.807, 2.05) is 0 Å². The maximum atomic E-state index is 2.37. The molecule has 5 rings (SSSR count). The van der Waals surface area contributed by atoms with Crippen LogP contribution in [0.15, 0.2) is 54.6 Å². The van der Waals surface area contributed by atoms with Gasteiger partial charge >= 0.3 is 0 Å². The molecule has 0 atom stereocenters. The molecule has 0 N–H and O–H groups in total. The van der Waals surface area contributed by atoms with Crippen LogP contribution >= 0.6 is 0 Å². The summed E-state index contributed by atoms with van der Waals surface area (Å²) in [6, 6.07) is 20.6. The Labute approximate surface area is 173 Å². The highest BCUT2D eigenvalue weighted by Crippen LogP contribution is 2.48. The van der Waals surface area contributed by atoms with Crippen molar-refractivity contribution < 1.29 is 0 Å². The normalized spacial score (nSPS) is 12.7. The molecule has 5 aromatic carbocycles. The van der Waals surface area contributed by atoms with Crippen molar-refractivity contribution in [3.05, 3.63) is 71.3 Å². The molecule has 146 valence electrons. The molecule has 0 radical (unpaired) electrons. The van der Waals surface area contributed by atoms with Crippen LogP contribution in [0.1, 0.15) is 76.0 Å². The Bertz CT molecular complexity index is 1360. The summed E-state index contributed by atoms with van der Waals surface area (Å²) in [5, 5.41) is 11.4. The Morgan fingerprint density at radius 3 is 1.48 bits per heavy atom. The minimum atomic E-state index is 0.484. The highest BCUT2D eigenvalue weighted by molar-refractivity contribution is 6.34. The predicted molar refractivity (Wildman–Crippen MR) is 130 cm³/mol. The smallest absolute Gasteiger partial charge is 0.00204 e. The summed E-state index contributed by atoms with van der Waals surface area (Å²) in [5.74, 6) is 1.49. The van der Waals surface area contributed by atoms with E-state index in [-0.39, 0.29) is 0 Å². The van der Waals surface area contributed by atoms with Crippen molar-refractivity contribution >= 4 is 43.1 Å². The molecule has 0 saturated heterocycles. The van der Waals surface area contributed by atoms with Crippen molar-refractivity contribution in [2.24, 2.45) is 0 Å². The second-order valence-electron chi connectivity index (χ2n) is 9.52. The van der Waals surface area contributed by atoms with Gasteiger partial charge in [-0.3, -0.25) is 0 Å². The molecular weight excluding hydrogens is 348 g/mol. The molecule has 0 unspecified atom stereocenters. The van der Waals surface area contributed by atoms with Crippen LogP contribution in [-0.4, -0.2) is 0 Å². The number of benzene rings is 5. The number of hydrogen-bond donors (Lipinski definition) is 0. The first kappa shape index (κ1) is 18.4. The van der Waals surface area contributed by atoms with E-state index in [0.29, 0.717) is 17.8 Å². The van der Waals surface area contributed by atoms with Crippen LogP contribution in [0.5, 0.6) is 0 Å². The van der Waals surface area contributed by atoms with E-state index in [4.69, 9.17) is 0 Å². The summed E-state index contributed by atoms with van der Waals surface area (Å²) in [6.45, 7) is 14.2. The summed E-state index contributed by atoms with van der Waals surface area (Å²) in [6.07, 6.45) is 0. The SMILES string of the molecule is CC(C)c1c(C(C)C)c2cccc3c4cccc5cccc(c(c1C(C)C)c23)c54. The molecule has 0 aliphatic heterocycles. The van der Waals surface area contributed by atoms with E-state index >= 15 is 0 Å². The topological polar surface area (TPSA) is 0 Å². The maximum Gasteiger partial charge on any atom is -0.00204 e. The first-order chi connectivity index (χ1) is 13.9. The predicted octanol–water partition coefficient (Wildman–Crippen LogP) is 9.11. The second kappa shape index (κ2) is 6.46. The van der Waals surface area contributed by atoms with Gasteiger partial charge in [-0.25, -0.2) is 0 Å². The quantitative estimate of drug-likeness (QED) is 0.217. The van der Waals surface area contributed by atoms with Crippen molar-refractivity contribution in [2.75, 3.05) is 0 Å². The van der Waals surface area contributed by atoms with Gasteiger partial charge in [-0.1, -0.05) is 96.1 Å². The van der Waals surface area contributed by atoms with Gasteiger partial charge in [-0.05, 0) is 77.5 Å². The van der Waals surface area contributed by atoms with Gasteiger partial charge in [-0.15, -0.1) is 0 Å². The molecule has 0 nitrogen and oxygen atoms in total. The van der Waals surface area contributed by atoms with Crippen LogP contribution in [-0.2, 0) is 0 Å². The lowest BCUT2D eigenvalue weighted by Gasteiger charge is -2.28. The molecule has 0 heterocycles. The molecule has 0 heteroatoms. The zero-order chi connectivity index (χ0) is 20.4. The highest BCUT2D eigenvalue weighted by Gasteiger charge is 2.25. The van der Waals surface area contributed by atoms with E-state index in [2.05, 4.69) is 96.1 Å². The monoisotopic (exact) mass is 378 g/mol. The van der Waals surface area contributed by atoms with Gasteiger partial charge in [0.25, 0.3) is 0 Å². The molecule has 0 aliphatic rings. The first-order valence-corrected chi connectivity index (χ1v) is 11.1. The molecule has 5 aromatic rings. The fourth-order valence-corrected chi connectivity index (χ4v) is 5.73. The molecule has 0 aromatic heterocycles. The lowest BCUT2D eigenvalue weighted by atomic mass is 9.75. The Morgan fingerprint density at radius 1 is 0.414 bits per heavy atom. The average molecular weight is 379 g/mol. The molecule has 0 saturated carbocycles. The highest BCUT2D eigenvalue weighted by atomic mass is 14.3. The van der Waals surface area contributed by atoms with Crippen LogP contribution in [0.4, 0.5) is 0 Å². The van der Waals surface area contributed by atoms with E-state index in [1.165, 1.54) is 43.1 Å². The third kappa shape index (κ3) is 2.45. The fourth-order valence-electron chi connectivity index (χ4n) is 5.73. The van der Waals surface area contributed by atoms with Crippen molar-refractivity contribution in [3.8, 4) is 0 Å². The van der Waals surface area contributed by atoms with Crippen molar-refractivity contribution in [2.45, 2.75) is 59.3 Å². The summed E-state index contributed by atoms with van der Waals surface area (Å²) in [5.41, 5.74) is 4.69. The average Bonchev–Trinajstić information content (AvgIpc) is 2.69. The molecule has 0 bridgehead atoms. The van der Waals surface area contributed by atoms with E-state index in [1.54, 1.807) is 16.7 Å². The molecule has 0 fully saturated rings. The van der Waals surface area contributed by atoms with Crippen LogP contribution < -0.4 is 0 Å². The molecule has 0 amide bonds. The second-order valence-corrected chi connectivity index (χ2v) is 9.52. The van der Waals surface area contributed by atoms with Crippen LogP contribution in [0, 0.1) is 0 Å². The summed E-state index contributed by atoms with van der Waals surface area (Å²) in [4.78, 5) is 0. The minimum absolute atomic E-state index is 0.484. The van der Waals surface area contributed by atoms with Gasteiger partial charge in [0.15, 0.2) is 0 Å².